The molecule has 2 amide bonds. The summed E-state index contributed by atoms with van der Waals surface area (Å²) in [7, 11) is 1.35. The zero-order chi connectivity index (χ0) is 29.0. The lowest BCUT2D eigenvalue weighted by Gasteiger charge is -2.28. The minimum atomic E-state index is -0.657. The first-order valence-corrected chi connectivity index (χ1v) is 14.3. The van der Waals surface area contributed by atoms with Crippen molar-refractivity contribution in [2.45, 2.75) is 103 Å². The van der Waals surface area contributed by atoms with E-state index in [1.807, 2.05) is 13.8 Å². The van der Waals surface area contributed by atoms with Gasteiger partial charge in [0, 0.05) is 24.5 Å². The summed E-state index contributed by atoms with van der Waals surface area (Å²) in [5.74, 6) is -0.0209. The number of esters is 1. The second-order valence-corrected chi connectivity index (χ2v) is 13.5. The minimum absolute atomic E-state index is 0.0439. The molecular formula is C33H49N3O3. The quantitative estimate of drug-likeness (QED) is 0.361. The Morgan fingerprint density at radius 3 is 1.79 bits per heavy atom. The lowest BCUT2D eigenvalue weighted by molar-refractivity contribution is -0.143. The zero-order valence-electron chi connectivity index (χ0n) is 25.4. The summed E-state index contributed by atoms with van der Waals surface area (Å²) in [5, 5.41) is 9.59. The molecule has 6 nitrogen and oxygen atoms in total. The SMILES string of the molecule is COC(=O)C(CC(C)C)NC(=O)NC1CNC(C(c2ccc(C(C)(C)C)cc2)c2ccc(C(C)(C)C)cc2)C1. The summed E-state index contributed by atoms with van der Waals surface area (Å²) < 4.78 is 4.90. The molecule has 1 aliphatic rings. The van der Waals surface area contributed by atoms with Gasteiger partial charge < -0.3 is 20.7 Å². The highest BCUT2D eigenvalue weighted by Gasteiger charge is 2.34. The molecule has 0 saturated carbocycles. The van der Waals surface area contributed by atoms with Crippen molar-refractivity contribution < 1.29 is 14.3 Å². The van der Waals surface area contributed by atoms with E-state index < -0.39 is 12.0 Å². The molecule has 6 heteroatoms. The molecular weight excluding hydrogens is 486 g/mol. The standard InChI is InChI=1S/C33H49N3O3/c1-21(2)18-28(30(37)39-9)36-31(38)35-26-19-27(34-20-26)29(22-10-14-24(15-11-22)32(3,4)5)23-12-16-25(17-13-23)33(6,7)8/h10-17,21,26-29,34H,18-20H2,1-9H3,(H2,35,36,38). The van der Waals surface area contributed by atoms with Gasteiger partial charge in [0.05, 0.1) is 7.11 Å². The van der Waals surface area contributed by atoms with E-state index >= 15 is 0 Å². The summed E-state index contributed by atoms with van der Waals surface area (Å²) in [6, 6.07) is 17.1. The largest absolute Gasteiger partial charge is 0.467 e. The Morgan fingerprint density at radius 2 is 1.38 bits per heavy atom. The Kier molecular flexibility index (Phi) is 9.87. The predicted octanol–water partition coefficient (Wildman–Crippen LogP) is 6.03. The number of nitrogens with one attached hydrogen (secondary N) is 3. The molecule has 0 bridgehead atoms. The van der Waals surface area contributed by atoms with E-state index in [-0.39, 0.29) is 40.8 Å². The normalized spacial score (nSPS) is 18.7. The van der Waals surface area contributed by atoms with Crippen LogP contribution in [0.25, 0.3) is 0 Å². The highest BCUT2D eigenvalue weighted by atomic mass is 16.5. The Balaban J connectivity index is 1.80. The van der Waals surface area contributed by atoms with Crippen LogP contribution in [-0.4, -0.2) is 43.8 Å². The molecule has 0 spiro atoms. The van der Waals surface area contributed by atoms with Gasteiger partial charge in [-0.1, -0.05) is 104 Å². The van der Waals surface area contributed by atoms with Gasteiger partial charge in [-0.05, 0) is 51.8 Å². The van der Waals surface area contributed by atoms with Crippen LogP contribution in [0.1, 0.15) is 96.4 Å². The van der Waals surface area contributed by atoms with Crippen molar-refractivity contribution >= 4 is 12.0 Å². The molecule has 39 heavy (non-hydrogen) atoms. The molecule has 1 heterocycles. The van der Waals surface area contributed by atoms with Gasteiger partial charge in [-0.25, -0.2) is 9.59 Å². The van der Waals surface area contributed by atoms with Crippen LogP contribution in [0.3, 0.4) is 0 Å². The second-order valence-electron chi connectivity index (χ2n) is 13.5. The van der Waals surface area contributed by atoms with Crippen LogP contribution in [0.2, 0.25) is 0 Å². The van der Waals surface area contributed by atoms with E-state index in [0.717, 1.165) is 6.42 Å². The molecule has 0 aromatic heterocycles. The highest BCUT2D eigenvalue weighted by molar-refractivity contribution is 5.83. The number of carbonyl (C=O) groups is 2. The molecule has 0 radical (unpaired) electrons. The number of benzene rings is 2. The van der Waals surface area contributed by atoms with Crippen LogP contribution in [0.5, 0.6) is 0 Å². The fourth-order valence-electron chi connectivity index (χ4n) is 5.38. The molecule has 3 atom stereocenters. The number of rotatable bonds is 8. The number of methoxy groups -OCH3 is 1. The van der Waals surface area contributed by atoms with E-state index in [9.17, 15) is 9.59 Å². The predicted molar refractivity (Wildman–Crippen MR) is 159 cm³/mol. The van der Waals surface area contributed by atoms with Crippen molar-refractivity contribution in [3.8, 4) is 0 Å². The van der Waals surface area contributed by atoms with Gasteiger partial charge in [-0.15, -0.1) is 0 Å². The van der Waals surface area contributed by atoms with E-state index in [2.05, 4.69) is 106 Å². The van der Waals surface area contributed by atoms with Crippen molar-refractivity contribution in [3.05, 3.63) is 70.8 Å². The third kappa shape index (κ3) is 8.31. The monoisotopic (exact) mass is 535 g/mol. The second kappa shape index (κ2) is 12.5. The van der Waals surface area contributed by atoms with E-state index in [1.54, 1.807) is 0 Å². The lowest BCUT2D eigenvalue weighted by atomic mass is 9.80. The lowest BCUT2D eigenvalue weighted by Crippen LogP contribution is -2.50. The third-order valence-electron chi connectivity index (χ3n) is 7.67. The van der Waals surface area contributed by atoms with Crippen molar-refractivity contribution in [2.24, 2.45) is 5.92 Å². The zero-order valence-corrected chi connectivity index (χ0v) is 25.4. The van der Waals surface area contributed by atoms with Gasteiger partial charge in [0.1, 0.15) is 6.04 Å². The average Bonchev–Trinajstić information content (AvgIpc) is 3.30. The molecule has 1 fully saturated rings. The summed E-state index contributed by atoms with van der Waals surface area (Å²) >= 11 is 0. The molecule has 3 rings (SSSR count). The van der Waals surface area contributed by atoms with Gasteiger partial charge in [0.2, 0.25) is 0 Å². The molecule has 1 saturated heterocycles. The van der Waals surface area contributed by atoms with Crippen LogP contribution in [0.4, 0.5) is 4.79 Å². The van der Waals surface area contributed by atoms with Gasteiger partial charge in [0.25, 0.3) is 0 Å². The number of carbonyl (C=O) groups excluding carboxylic acids is 2. The van der Waals surface area contributed by atoms with Gasteiger partial charge >= 0.3 is 12.0 Å². The number of ether oxygens (including phenoxy) is 1. The van der Waals surface area contributed by atoms with Crippen molar-refractivity contribution in [3.63, 3.8) is 0 Å². The van der Waals surface area contributed by atoms with Crippen molar-refractivity contribution in [2.75, 3.05) is 13.7 Å². The average molecular weight is 536 g/mol. The fraction of sp³-hybridized carbons (Fsp3) is 0.576. The fourth-order valence-corrected chi connectivity index (χ4v) is 5.38. The molecule has 3 unspecified atom stereocenters. The first kappa shape index (κ1) is 30.7. The van der Waals surface area contributed by atoms with Crippen LogP contribution in [0, 0.1) is 5.92 Å². The summed E-state index contributed by atoms with van der Waals surface area (Å²) in [5.41, 5.74) is 5.33. The first-order valence-electron chi connectivity index (χ1n) is 14.3. The van der Waals surface area contributed by atoms with Crippen LogP contribution >= 0.6 is 0 Å². The van der Waals surface area contributed by atoms with Gasteiger partial charge in [-0.3, -0.25) is 0 Å². The number of amides is 2. The molecule has 0 aliphatic carbocycles. The maximum atomic E-state index is 12.8. The van der Waals surface area contributed by atoms with Crippen LogP contribution in [-0.2, 0) is 20.4 Å². The molecule has 2 aromatic rings. The Bertz CT molecular complexity index is 1040. The Morgan fingerprint density at radius 1 is 0.897 bits per heavy atom. The molecule has 3 N–H and O–H groups in total. The first-order chi connectivity index (χ1) is 18.2. The molecule has 214 valence electrons. The van der Waals surface area contributed by atoms with Crippen LogP contribution < -0.4 is 16.0 Å². The van der Waals surface area contributed by atoms with E-state index in [0.29, 0.717) is 13.0 Å². The minimum Gasteiger partial charge on any atom is -0.467 e. The Hall–Kier alpha value is -2.86. The van der Waals surface area contributed by atoms with E-state index in [4.69, 9.17) is 4.74 Å². The molecule has 1 aliphatic heterocycles. The third-order valence-corrected chi connectivity index (χ3v) is 7.67. The molecule has 2 aromatic carbocycles. The Labute approximate surface area is 235 Å². The summed E-state index contributed by atoms with van der Waals surface area (Å²) in [6.45, 7) is 18.1. The van der Waals surface area contributed by atoms with Gasteiger partial charge in [0.15, 0.2) is 0 Å². The maximum Gasteiger partial charge on any atom is 0.328 e. The summed E-state index contributed by atoms with van der Waals surface area (Å²) in [6.07, 6.45) is 1.32. The summed E-state index contributed by atoms with van der Waals surface area (Å²) in [4.78, 5) is 25.0. The maximum absolute atomic E-state index is 12.8. The van der Waals surface area contributed by atoms with Crippen LogP contribution in [0.15, 0.2) is 48.5 Å². The number of hydrogen-bond donors (Lipinski definition) is 3. The van der Waals surface area contributed by atoms with E-state index in [1.165, 1.54) is 29.4 Å². The van der Waals surface area contributed by atoms with Crippen molar-refractivity contribution in [1.82, 2.24) is 16.0 Å². The smallest absolute Gasteiger partial charge is 0.328 e. The van der Waals surface area contributed by atoms with Crippen molar-refractivity contribution in [1.29, 1.82) is 0 Å². The number of urea groups is 1. The van der Waals surface area contributed by atoms with Gasteiger partial charge in [-0.2, -0.15) is 0 Å². The highest BCUT2D eigenvalue weighted by Crippen LogP contribution is 2.35. The number of hydrogen-bond acceptors (Lipinski definition) is 4. The topological polar surface area (TPSA) is 79.5 Å².